The minimum absolute atomic E-state index is 0.231. The third-order valence-electron chi connectivity index (χ3n) is 4.45. The van der Waals surface area contributed by atoms with Gasteiger partial charge in [0.25, 0.3) is 0 Å². The summed E-state index contributed by atoms with van der Waals surface area (Å²) in [6, 6.07) is 20.7. The van der Waals surface area contributed by atoms with Crippen molar-refractivity contribution in [3.05, 3.63) is 89.6 Å². The molecule has 138 valence electrons. The second kappa shape index (κ2) is 8.01. The van der Waals surface area contributed by atoms with Gasteiger partial charge in [-0.05, 0) is 22.8 Å². The fourth-order valence-electron chi connectivity index (χ4n) is 3.17. The van der Waals surface area contributed by atoms with Gasteiger partial charge in [-0.1, -0.05) is 60.7 Å². The molecule has 3 aromatic rings. The van der Waals surface area contributed by atoms with Gasteiger partial charge in [-0.3, -0.25) is 4.79 Å². The number of hydrogen-bond donors (Lipinski definition) is 2. The van der Waals surface area contributed by atoms with Crippen LogP contribution in [0.5, 0.6) is 5.88 Å². The summed E-state index contributed by atoms with van der Waals surface area (Å²) >= 11 is 0. The molecular weight excluding hydrogens is 340 g/mol. The van der Waals surface area contributed by atoms with Crippen molar-refractivity contribution in [1.29, 1.82) is 0 Å². The standard InChI is InChI=1S/C22H22N2O3/c1-16(25)24-20-17(13-14-23-21(20)27-2)15-22(26,18-9-5-3-6-10-18)19-11-7-4-8-12-19/h3-14,26H,15H2,1-2H3,(H,24,25). The molecule has 2 aromatic carbocycles. The maximum absolute atomic E-state index is 11.8. The van der Waals surface area contributed by atoms with Gasteiger partial charge in [-0.2, -0.15) is 0 Å². The minimum Gasteiger partial charge on any atom is -0.480 e. The van der Waals surface area contributed by atoms with Crippen molar-refractivity contribution in [2.24, 2.45) is 0 Å². The van der Waals surface area contributed by atoms with Crippen molar-refractivity contribution < 1.29 is 14.6 Å². The third kappa shape index (κ3) is 3.99. The Kier molecular flexibility index (Phi) is 5.52. The zero-order valence-electron chi connectivity index (χ0n) is 15.3. The minimum atomic E-state index is -1.28. The SMILES string of the molecule is COc1nccc(CC(O)(c2ccccc2)c2ccccc2)c1NC(C)=O. The number of carbonyl (C=O) groups is 1. The van der Waals surface area contributed by atoms with Gasteiger partial charge >= 0.3 is 0 Å². The summed E-state index contributed by atoms with van der Waals surface area (Å²) in [6.07, 6.45) is 1.85. The van der Waals surface area contributed by atoms with E-state index in [4.69, 9.17) is 4.74 Å². The zero-order valence-corrected chi connectivity index (χ0v) is 15.3. The van der Waals surface area contributed by atoms with Crippen LogP contribution >= 0.6 is 0 Å². The van der Waals surface area contributed by atoms with E-state index in [1.165, 1.54) is 14.0 Å². The highest BCUT2D eigenvalue weighted by molar-refractivity contribution is 5.91. The molecule has 0 radical (unpaired) electrons. The molecule has 2 N–H and O–H groups in total. The Bertz CT molecular complexity index is 872. The average Bonchev–Trinajstić information content (AvgIpc) is 2.70. The Morgan fingerprint density at radius 2 is 1.59 bits per heavy atom. The predicted molar refractivity (Wildman–Crippen MR) is 105 cm³/mol. The number of pyridine rings is 1. The van der Waals surface area contributed by atoms with Crippen LogP contribution in [0, 0.1) is 0 Å². The van der Waals surface area contributed by atoms with E-state index in [0.29, 0.717) is 11.6 Å². The number of nitrogens with one attached hydrogen (secondary N) is 1. The van der Waals surface area contributed by atoms with Gasteiger partial charge < -0.3 is 15.2 Å². The molecule has 27 heavy (non-hydrogen) atoms. The van der Waals surface area contributed by atoms with Gasteiger partial charge in [0.2, 0.25) is 11.8 Å². The molecule has 0 aliphatic carbocycles. The number of aliphatic hydroxyl groups is 1. The Morgan fingerprint density at radius 3 is 2.07 bits per heavy atom. The molecule has 1 aromatic heterocycles. The number of rotatable bonds is 6. The van der Waals surface area contributed by atoms with Gasteiger partial charge in [0.05, 0.1) is 7.11 Å². The maximum Gasteiger partial charge on any atom is 0.237 e. The van der Waals surface area contributed by atoms with Crippen molar-refractivity contribution in [3.8, 4) is 5.88 Å². The quantitative estimate of drug-likeness (QED) is 0.704. The van der Waals surface area contributed by atoms with E-state index < -0.39 is 5.60 Å². The number of aromatic nitrogens is 1. The number of hydrogen-bond acceptors (Lipinski definition) is 4. The summed E-state index contributed by atoms with van der Waals surface area (Å²) in [7, 11) is 1.50. The average molecular weight is 362 g/mol. The van der Waals surface area contributed by atoms with Gasteiger partial charge in [0.1, 0.15) is 11.3 Å². The summed E-state index contributed by atoms with van der Waals surface area (Å²) in [5.74, 6) is 0.0803. The number of nitrogens with zero attached hydrogens (tertiary/aromatic N) is 1. The summed E-state index contributed by atoms with van der Waals surface area (Å²) < 4.78 is 5.31. The van der Waals surface area contributed by atoms with Crippen LogP contribution in [0.25, 0.3) is 0 Å². The summed E-state index contributed by atoms with van der Waals surface area (Å²) in [6.45, 7) is 1.43. The molecule has 1 amide bonds. The van der Waals surface area contributed by atoms with Crippen LogP contribution in [0.2, 0.25) is 0 Å². The maximum atomic E-state index is 11.8. The van der Waals surface area contributed by atoms with E-state index in [1.54, 1.807) is 12.3 Å². The van der Waals surface area contributed by atoms with Crippen molar-refractivity contribution in [2.45, 2.75) is 18.9 Å². The number of benzene rings is 2. The van der Waals surface area contributed by atoms with Crippen LogP contribution in [-0.2, 0) is 16.8 Å². The third-order valence-corrected chi connectivity index (χ3v) is 4.45. The second-order valence-electron chi connectivity index (χ2n) is 6.30. The van der Waals surface area contributed by atoms with Gasteiger partial charge in [-0.15, -0.1) is 0 Å². The number of ether oxygens (including phenoxy) is 1. The van der Waals surface area contributed by atoms with Crippen LogP contribution in [0.4, 0.5) is 5.69 Å². The van der Waals surface area contributed by atoms with Gasteiger partial charge in [0.15, 0.2) is 0 Å². The molecule has 0 saturated heterocycles. The largest absolute Gasteiger partial charge is 0.480 e. The lowest BCUT2D eigenvalue weighted by Crippen LogP contribution is -2.30. The van der Waals surface area contributed by atoms with E-state index in [0.717, 1.165) is 16.7 Å². The van der Waals surface area contributed by atoms with Crippen LogP contribution < -0.4 is 10.1 Å². The normalized spacial score (nSPS) is 11.1. The Morgan fingerprint density at radius 1 is 1.04 bits per heavy atom. The lowest BCUT2D eigenvalue weighted by atomic mass is 9.81. The number of carbonyl (C=O) groups excluding carboxylic acids is 1. The van der Waals surface area contributed by atoms with Crippen LogP contribution in [-0.4, -0.2) is 23.1 Å². The van der Waals surface area contributed by atoms with E-state index in [1.807, 2.05) is 60.7 Å². The summed E-state index contributed by atoms with van der Waals surface area (Å²) in [5, 5.41) is 14.5. The first-order valence-corrected chi connectivity index (χ1v) is 8.67. The lowest BCUT2D eigenvalue weighted by Gasteiger charge is -2.30. The second-order valence-corrected chi connectivity index (χ2v) is 6.30. The van der Waals surface area contributed by atoms with E-state index in [-0.39, 0.29) is 12.3 Å². The van der Waals surface area contributed by atoms with Crippen molar-refractivity contribution in [2.75, 3.05) is 12.4 Å². The van der Waals surface area contributed by atoms with Gasteiger partial charge in [0, 0.05) is 19.5 Å². The summed E-state index contributed by atoms with van der Waals surface area (Å²) in [5.41, 5.74) is 1.45. The highest BCUT2D eigenvalue weighted by Gasteiger charge is 2.33. The molecule has 0 aliphatic heterocycles. The topological polar surface area (TPSA) is 71.5 Å². The number of methoxy groups -OCH3 is 1. The first-order valence-electron chi connectivity index (χ1n) is 8.67. The molecule has 5 heteroatoms. The van der Waals surface area contributed by atoms with E-state index in [2.05, 4.69) is 10.3 Å². The van der Waals surface area contributed by atoms with Crippen molar-refractivity contribution in [1.82, 2.24) is 4.98 Å². The molecule has 0 saturated carbocycles. The molecule has 0 unspecified atom stereocenters. The molecule has 0 atom stereocenters. The smallest absolute Gasteiger partial charge is 0.237 e. The zero-order chi connectivity index (χ0) is 19.3. The lowest BCUT2D eigenvalue weighted by molar-refractivity contribution is -0.114. The summed E-state index contributed by atoms with van der Waals surface area (Å²) in [4.78, 5) is 15.8. The Labute approximate surface area is 158 Å². The van der Waals surface area contributed by atoms with E-state index >= 15 is 0 Å². The first kappa shape index (κ1) is 18.6. The molecule has 0 fully saturated rings. The number of anilines is 1. The highest BCUT2D eigenvalue weighted by atomic mass is 16.5. The molecular formula is C22H22N2O3. The predicted octanol–water partition coefficient (Wildman–Crippen LogP) is 3.53. The molecule has 0 bridgehead atoms. The molecule has 1 heterocycles. The van der Waals surface area contributed by atoms with Crippen molar-refractivity contribution >= 4 is 11.6 Å². The molecule has 3 rings (SSSR count). The van der Waals surface area contributed by atoms with Crippen molar-refractivity contribution in [3.63, 3.8) is 0 Å². The Balaban J connectivity index is 2.13. The van der Waals surface area contributed by atoms with E-state index in [9.17, 15) is 9.90 Å². The molecule has 0 spiro atoms. The fraction of sp³-hybridized carbons (Fsp3) is 0.182. The van der Waals surface area contributed by atoms with Crippen LogP contribution in [0.1, 0.15) is 23.6 Å². The highest BCUT2D eigenvalue weighted by Crippen LogP contribution is 2.37. The monoisotopic (exact) mass is 362 g/mol. The molecule has 5 nitrogen and oxygen atoms in total. The molecule has 0 aliphatic rings. The van der Waals surface area contributed by atoms with Gasteiger partial charge in [-0.25, -0.2) is 4.98 Å². The first-order chi connectivity index (χ1) is 13.0. The Hall–Kier alpha value is -3.18. The number of amides is 1. The fourth-order valence-corrected chi connectivity index (χ4v) is 3.17. The van der Waals surface area contributed by atoms with Crippen LogP contribution in [0.15, 0.2) is 72.9 Å². The van der Waals surface area contributed by atoms with Crippen LogP contribution in [0.3, 0.4) is 0 Å².